The van der Waals surface area contributed by atoms with Gasteiger partial charge in [-0.25, -0.2) is 0 Å². The van der Waals surface area contributed by atoms with E-state index in [-0.39, 0.29) is 0 Å². The van der Waals surface area contributed by atoms with Gasteiger partial charge in [-0.05, 0) is 32.6 Å². The molecule has 0 aliphatic carbocycles. The second-order valence-corrected chi connectivity index (χ2v) is 4.30. The number of likely N-dealkylation sites (N-methyl/N-ethyl adjacent to an activating group) is 1. The van der Waals surface area contributed by atoms with E-state index in [2.05, 4.69) is 17.1 Å². The number of ether oxygens (including phenoxy) is 1. The second-order valence-electron chi connectivity index (χ2n) is 4.30. The molecule has 0 spiro atoms. The van der Waals surface area contributed by atoms with Gasteiger partial charge in [-0.15, -0.1) is 0 Å². The smallest absolute Gasteiger partial charge is 0.144 e. The third-order valence-corrected chi connectivity index (χ3v) is 2.40. The fourth-order valence-corrected chi connectivity index (χ4v) is 1.45. The van der Waals surface area contributed by atoms with E-state index in [1.807, 2.05) is 32.3 Å². The highest BCUT2D eigenvalue weighted by Gasteiger charge is 2.05. The summed E-state index contributed by atoms with van der Waals surface area (Å²) in [7, 11) is 4.09. The summed E-state index contributed by atoms with van der Waals surface area (Å²) >= 11 is 0. The summed E-state index contributed by atoms with van der Waals surface area (Å²) in [6, 6.07) is 5.84. The van der Waals surface area contributed by atoms with Crippen LogP contribution in [0.25, 0.3) is 0 Å². The van der Waals surface area contributed by atoms with Crippen molar-refractivity contribution in [1.29, 1.82) is 0 Å². The second kappa shape index (κ2) is 7.01. The number of nitrogens with two attached hydrogens (primary N) is 1. The third kappa shape index (κ3) is 4.53. The monoisotopic (exact) mass is 237 g/mol. The van der Waals surface area contributed by atoms with Crippen LogP contribution >= 0.6 is 0 Å². The molecule has 0 amide bonds. The van der Waals surface area contributed by atoms with Gasteiger partial charge in [0.2, 0.25) is 0 Å². The molecule has 0 heterocycles. The molecule has 0 aliphatic heterocycles. The lowest BCUT2D eigenvalue weighted by Gasteiger charge is -2.15. The molecule has 0 aromatic heterocycles. The van der Waals surface area contributed by atoms with Crippen LogP contribution in [0.5, 0.6) is 5.75 Å². The summed E-state index contributed by atoms with van der Waals surface area (Å²) in [5, 5.41) is 3.31. The van der Waals surface area contributed by atoms with Gasteiger partial charge in [0, 0.05) is 13.1 Å². The maximum atomic E-state index is 6.04. The van der Waals surface area contributed by atoms with E-state index in [1.54, 1.807) is 0 Å². The summed E-state index contributed by atoms with van der Waals surface area (Å²) in [6.07, 6.45) is 0.984. The first-order valence-electron chi connectivity index (χ1n) is 6.05. The molecule has 0 radical (unpaired) electrons. The van der Waals surface area contributed by atoms with Crippen LogP contribution in [0.2, 0.25) is 0 Å². The van der Waals surface area contributed by atoms with Crippen molar-refractivity contribution in [1.82, 2.24) is 4.90 Å². The van der Waals surface area contributed by atoms with Crippen LogP contribution in [0.15, 0.2) is 18.2 Å². The summed E-state index contributed by atoms with van der Waals surface area (Å²) in [5.41, 5.74) is 7.68. The zero-order chi connectivity index (χ0) is 12.7. The largest absolute Gasteiger partial charge is 0.491 e. The molecule has 0 fully saturated rings. The van der Waals surface area contributed by atoms with Crippen molar-refractivity contribution in [2.45, 2.75) is 13.3 Å². The Kier molecular flexibility index (Phi) is 5.63. The van der Waals surface area contributed by atoms with E-state index in [4.69, 9.17) is 10.5 Å². The Hall–Kier alpha value is -1.42. The Bertz CT molecular complexity index is 339. The zero-order valence-electron chi connectivity index (χ0n) is 11.0. The Morgan fingerprint density at radius 3 is 2.76 bits per heavy atom. The summed E-state index contributed by atoms with van der Waals surface area (Å²) in [4.78, 5) is 2.13. The van der Waals surface area contributed by atoms with Gasteiger partial charge in [0.25, 0.3) is 0 Å². The normalized spacial score (nSPS) is 10.6. The number of anilines is 2. The van der Waals surface area contributed by atoms with E-state index in [0.29, 0.717) is 12.3 Å². The lowest BCUT2D eigenvalue weighted by atomic mass is 10.2. The molecule has 1 aromatic rings. The molecule has 0 saturated carbocycles. The number of hydrogen-bond donors (Lipinski definition) is 2. The number of nitrogen functional groups attached to an aromatic ring is 1. The molecule has 4 heteroatoms. The van der Waals surface area contributed by atoms with E-state index in [9.17, 15) is 0 Å². The molecule has 0 aliphatic rings. The molecule has 0 saturated heterocycles. The van der Waals surface area contributed by atoms with Gasteiger partial charge < -0.3 is 20.7 Å². The molecule has 3 N–H and O–H groups in total. The van der Waals surface area contributed by atoms with E-state index < -0.39 is 0 Å². The summed E-state index contributed by atoms with van der Waals surface area (Å²) in [5.74, 6) is 0.765. The van der Waals surface area contributed by atoms with Gasteiger partial charge in [0.15, 0.2) is 0 Å². The van der Waals surface area contributed by atoms with Crippen LogP contribution in [0.1, 0.15) is 13.3 Å². The minimum Gasteiger partial charge on any atom is -0.491 e. The van der Waals surface area contributed by atoms with Crippen LogP contribution in [0.3, 0.4) is 0 Å². The van der Waals surface area contributed by atoms with Gasteiger partial charge in [0.05, 0.1) is 18.0 Å². The van der Waals surface area contributed by atoms with E-state index in [1.165, 1.54) is 0 Å². The highest BCUT2D eigenvalue weighted by Crippen LogP contribution is 2.29. The third-order valence-electron chi connectivity index (χ3n) is 2.40. The first-order chi connectivity index (χ1) is 8.15. The number of para-hydroxylation sites is 1. The van der Waals surface area contributed by atoms with Crippen molar-refractivity contribution in [3.8, 4) is 5.75 Å². The van der Waals surface area contributed by atoms with Crippen molar-refractivity contribution in [3.63, 3.8) is 0 Å². The highest BCUT2D eigenvalue weighted by atomic mass is 16.5. The molecule has 0 unspecified atom stereocenters. The summed E-state index contributed by atoms with van der Waals surface area (Å²) < 4.78 is 5.58. The molecule has 4 nitrogen and oxygen atoms in total. The lowest BCUT2D eigenvalue weighted by molar-refractivity contribution is 0.319. The molecule has 96 valence electrons. The zero-order valence-corrected chi connectivity index (χ0v) is 11.0. The summed E-state index contributed by atoms with van der Waals surface area (Å²) in [6.45, 7) is 4.62. The molecular weight excluding hydrogens is 214 g/mol. The fourth-order valence-electron chi connectivity index (χ4n) is 1.45. The first-order valence-corrected chi connectivity index (χ1v) is 6.05. The number of benzene rings is 1. The highest BCUT2D eigenvalue weighted by molar-refractivity contribution is 5.72. The van der Waals surface area contributed by atoms with Crippen LogP contribution < -0.4 is 15.8 Å². The van der Waals surface area contributed by atoms with Crippen molar-refractivity contribution in [2.24, 2.45) is 0 Å². The van der Waals surface area contributed by atoms with Crippen LogP contribution in [0.4, 0.5) is 11.4 Å². The molecular formula is C13H23N3O. The van der Waals surface area contributed by atoms with Gasteiger partial charge in [0.1, 0.15) is 5.75 Å². The van der Waals surface area contributed by atoms with E-state index >= 15 is 0 Å². The average molecular weight is 237 g/mol. The fraction of sp³-hybridized carbons (Fsp3) is 0.538. The number of rotatable bonds is 7. The SMILES string of the molecule is CCCOc1cccc(NCCN(C)C)c1N. The Balaban J connectivity index is 2.59. The van der Waals surface area contributed by atoms with Crippen LogP contribution in [-0.2, 0) is 0 Å². The van der Waals surface area contributed by atoms with E-state index in [0.717, 1.165) is 30.9 Å². The van der Waals surface area contributed by atoms with Crippen molar-refractivity contribution in [2.75, 3.05) is 44.8 Å². The van der Waals surface area contributed by atoms with Crippen LogP contribution in [-0.4, -0.2) is 38.7 Å². The predicted molar refractivity (Wildman–Crippen MR) is 73.7 cm³/mol. The molecule has 0 atom stereocenters. The van der Waals surface area contributed by atoms with Gasteiger partial charge in [-0.2, -0.15) is 0 Å². The topological polar surface area (TPSA) is 50.5 Å². The van der Waals surface area contributed by atoms with Crippen molar-refractivity contribution >= 4 is 11.4 Å². The van der Waals surface area contributed by atoms with Crippen LogP contribution in [0, 0.1) is 0 Å². The Labute approximate surface area is 104 Å². The van der Waals surface area contributed by atoms with Crippen molar-refractivity contribution in [3.05, 3.63) is 18.2 Å². The molecule has 17 heavy (non-hydrogen) atoms. The van der Waals surface area contributed by atoms with Gasteiger partial charge in [-0.1, -0.05) is 13.0 Å². The van der Waals surface area contributed by atoms with Gasteiger partial charge >= 0.3 is 0 Å². The maximum absolute atomic E-state index is 6.04. The molecule has 1 aromatic carbocycles. The van der Waals surface area contributed by atoms with Gasteiger partial charge in [-0.3, -0.25) is 0 Å². The quantitative estimate of drug-likeness (QED) is 0.712. The lowest BCUT2D eigenvalue weighted by Crippen LogP contribution is -2.21. The number of hydrogen-bond acceptors (Lipinski definition) is 4. The minimum atomic E-state index is 0.694. The standard InChI is InChI=1S/C13H23N3O/c1-4-10-17-12-7-5-6-11(13(12)14)15-8-9-16(2)3/h5-7,15H,4,8-10,14H2,1-3H3. The predicted octanol–water partition coefficient (Wildman–Crippen LogP) is 2.03. The molecule has 1 rings (SSSR count). The maximum Gasteiger partial charge on any atom is 0.144 e. The van der Waals surface area contributed by atoms with Crippen molar-refractivity contribution < 1.29 is 4.74 Å². The number of nitrogens with zero attached hydrogens (tertiary/aromatic N) is 1. The average Bonchev–Trinajstić information content (AvgIpc) is 2.29. The Morgan fingerprint density at radius 2 is 2.12 bits per heavy atom. The minimum absolute atomic E-state index is 0.694. The Morgan fingerprint density at radius 1 is 1.35 bits per heavy atom. The first kappa shape index (κ1) is 13.6. The molecule has 0 bridgehead atoms. The number of nitrogens with one attached hydrogen (secondary N) is 1.